The molecular weight excluding hydrogens is 749 g/mol. The van der Waals surface area contributed by atoms with Crippen molar-refractivity contribution < 1.29 is 37.4 Å². The van der Waals surface area contributed by atoms with Gasteiger partial charge in [0, 0.05) is 24.9 Å². The summed E-state index contributed by atoms with van der Waals surface area (Å²) in [5.74, 6) is -0.102. The van der Waals surface area contributed by atoms with Crippen molar-refractivity contribution in [1.29, 1.82) is 0 Å². The second kappa shape index (κ2) is 24.6. The van der Waals surface area contributed by atoms with E-state index in [0.717, 1.165) is 67.5 Å². The van der Waals surface area contributed by atoms with E-state index in [0.29, 0.717) is 24.7 Å². The summed E-state index contributed by atoms with van der Waals surface area (Å²) in [6, 6.07) is 6.44. The monoisotopic (exact) mass is 835 g/mol. The molecule has 0 aromatic heterocycles. The van der Waals surface area contributed by atoms with E-state index in [9.17, 15) is 9.59 Å². The van der Waals surface area contributed by atoms with Gasteiger partial charge in [0.1, 0.15) is 17.8 Å². The fourth-order valence-corrected chi connectivity index (χ4v) is 14.9. The van der Waals surface area contributed by atoms with Crippen LogP contribution in [0.4, 0.5) is 0 Å². The molecule has 2 heterocycles. The van der Waals surface area contributed by atoms with Gasteiger partial charge in [0.2, 0.25) is 0 Å². The van der Waals surface area contributed by atoms with Crippen molar-refractivity contribution in [2.75, 3.05) is 0 Å². The smallest absolute Gasteiger partial charge is 0.308 e. The van der Waals surface area contributed by atoms with Crippen LogP contribution in [-0.2, 0) is 37.4 Å². The standard InChI is InChI=1S/C47H86O8Si2/c1-16-25-37(12)53-47(15)31-30-40(54-56(18-3,19-4)20-5)33-44(49)52-45(36(11)28-29-43(47)50-39(14)48)35(10)27-24-26-34(9)32-42-46(51-42)38(13)41(17-2)55-57(21-6,22-7)23-8/h24,26-29,34,36-38,40-43,45-46H,16-23,25,30-33H2,1-15H3/b26-24+,29-28+,35-27+/t34-,36+,37?,38-,40-,41+,42-,43+,45-,46-,47-/m1/s1. The molecule has 2 aliphatic rings. The number of cyclic esters (lactones) is 1. The van der Waals surface area contributed by atoms with Crippen LogP contribution < -0.4 is 0 Å². The molecule has 1 unspecified atom stereocenters. The van der Waals surface area contributed by atoms with E-state index in [-0.39, 0.29) is 54.8 Å². The molecule has 1 saturated heterocycles. The largest absolute Gasteiger partial charge is 0.457 e. The molecule has 0 amide bonds. The van der Waals surface area contributed by atoms with Crippen molar-refractivity contribution in [3.63, 3.8) is 0 Å². The first-order valence-electron chi connectivity index (χ1n) is 23.0. The fourth-order valence-electron chi connectivity index (χ4n) is 8.95. The highest BCUT2D eigenvalue weighted by Gasteiger charge is 2.47. The van der Waals surface area contributed by atoms with E-state index in [1.54, 1.807) is 0 Å². The Hall–Kier alpha value is -1.57. The Morgan fingerprint density at radius 1 is 0.947 bits per heavy atom. The molecule has 10 heteroatoms. The van der Waals surface area contributed by atoms with Gasteiger partial charge in [0.05, 0.1) is 30.8 Å². The zero-order chi connectivity index (χ0) is 43.0. The minimum atomic E-state index is -2.06. The predicted octanol–water partition coefficient (Wildman–Crippen LogP) is 12.3. The first kappa shape index (κ1) is 51.6. The second-order valence-electron chi connectivity index (χ2n) is 17.8. The van der Waals surface area contributed by atoms with Crippen LogP contribution in [0.1, 0.15) is 149 Å². The number of allylic oxidation sites excluding steroid dienone is 3. The summed E-state index contributed by atoms with van der Waals surface area (Å²) in [6.45, 7) is 32.1. The zero-order valence-corrected chi connectivity index (χ0v) is 41.1. The molecule has 2 aliphatic heterocycles. The lowest BCUT2D eigenvalue weighted by Gasteiger charge is -2.40. The summed E-state index contributed by atoms with van der Waals surface area (Å²) in [5.41, 5.74) is 0.138. The van der Waals surface area contributed by atoms with Crippen molar-refractivity contribution >= 4 is 28.6 Å². The van der Waals surface area contributed by atoms with Gasteiger partial charge in [-0.15, -0.1) is 0 Å². The third-order valence-corrected chi connectivity index (χ3v) is 22.8. The molecule has 1 fully saturated rings. The molecule has 0 bridgehead atoms. The summed E-state index contributed by atoms with van der Waals surface area (Å²) >= 11 is 0. The van der Waals surface area contributed by atoms with Gasteiger partial charge in [0.25, 0.3) is 0 Å². The summed E-state index contributed by atoms with van der Waals surface area (Å²) in [7, 11) is -3.75. The van der Waals surface area contributed by atoms with Crippen LogP contribution in [0.5, 0.6) is 0 Å². The fraction of sp³-hybridized carbons (Fsp3) is 0.830. The molecule has 0 aliphatic carbocycles. The Kier molecular flexibility index (Phi) is 22.3. The molecule has 2 rings (SSSR count). The molecule has 0 saturated carbocycles. The average Bonchev–Trinajstić information content (AvgIpc) is 3.95. The Morgan fingerprint density at radius 3 is 2.11 bits per heavy atom. The van der Waals surface area contributed by atoms with Gasteiger partial charge in [0.15, 0.2) is 16.6 Å². The van der Waals surface area contributed by atoms with E-state index < -0.39 is 34.4 Å². The first-order valence-corrected chi connectivity index (χ1v) is 28.1. The van der Waals surface area contributed by atoms with E-state index in [1.165, 1.54) is 6.92 Å². The number of rotatable bonds is 23. The van der Waals surface area contributed by atoms with Gasteiger partial charge >= 0.3 is 11.9 Å². The molecule has 0 radical (unpaired) electrons. The van der Waals surface area contributed by atoms with Crippen LogP contribution >= 0.6 is 0 Å². The predicted molar refractivity (Wildman–Crippen MR) is 240 cm³/mol. The van der Waals surface area contributed by atoms with Crippen LogP contribution in [0.15, 0.2) is 36.0 Å². The van der Waals surface area contributed by atoms with Crippen molar-refractivity contribution in [1.82, 2.24) is 0 Å². The van der Waals surface area contributed by atoms with Gasteiger partial charge in [-0.3, -0.25) is 9.59 Å². The highest BCUT2D eigenvalue weighted by Crippen LogP contribution is 2.39. The first-order chi connectivity index (χ1) is 26.9. The van der Waals surface area contributed by atoms with Crippen LogP contribution in [-0.4, -0.2) is 76.9 Å². The maximum Gasteiger partial charge on any atom is 0.308 e. The number of carbonyl (C=O) groups is 2. The molecule has 0 aromatic carbocycles. The molecule has 11 atom stereocenters. The number of carbonyl (C=O) groups excluding carboxylic acids is 2. The maximum atomic E-state index is 13.9. The highest BCUT2D eigenvalue weighted by atomic mass is 28.4. The SMILES string of the molecule is CCCC(C)O[C@]1(C)CC[C@@H](O[Si](CC)(CC)CC)CC(=O)O[C@H](/C(C)=C/C=C/[C@@H](C)C[C@H]2O[C@@H]2[C@H](C)[C@H](CC)O[Si](CC)(CC)CC)[C@@H](C)/C=C/[C@@H]1OC(C)=O. The Bertz CT molecular complexity index is 1280. The zero-order valence-electron chi connectivity index (χ0n) is 39.1. The topological polar surface area (TPSA) is 92.8 Å². The lowest BCUT2D eigenvalue weighted by atomic mass is 9.88. The Balaban J connectivity index is 2.35. The molecule has 0 N–H and O–H groups in total. The van der Waals surface area contributed by atoms with E-state index in [2.05, 4.69) is 101 Å². The maximum absolute atomic E-state index is 13.9. The van der Waals surface area contributed by atoms with Gasteiger partial charge in [-0.25, -0.2) is 0 Å². The number of esters is 2. The normalized spacial score (nSPS) is 29.5. The van der Waals surface area contributed by atoms with Crippen molar-refractivity contribution in [2.45, 2.75) is 233 Å². The number of hydrogen-bond acceptors (Lipinski definition) is 8. The van der Waals surface area contributed by atoms with Gasteiger partial charge in [-0.1, -0.05) is 107 Å². The molecule has 8 nitrogen and oxygen atoms in total. The molecular formula is C47H86O8Si2. The minimum absolute atomic E-state index is 0.0270. The highest BCUT2D eigenvalue weighted by molar-refractivity contribution is 6.74. The third kappa shape index (κ3) is 15.8. The number of hydrogen-bond donors (Lipinski definition) is 0. The quantitative estimate of drug-likeness (QED) is 0.0330. The van der Waals surface area contributed by atoms with E-state index in [1.807, 2.05) is 26.0 Å². The Morgan fingerprint density at radius 2 is 1.56 bits per heavy atom. The van der Waals surface area contributed by atoms with Crippen LogP contribution in [0, 0.1) is 17.8 Å². The second-order valence-corrected chi connectivity index (χ2v) is 27.2. The van der Waals surface area contributed by atoms with Crippen molar-refractivity contribution in [2.24, 2.45) is 17.8 Å². The molecule has 0 aromatic rings. The van der Waals surface area contributed by atoms with Gasteiger partial charge in [-0.2, -0.15) is 0 Å². The number of ether oxygens (including phenoxy) is 4. The third-order valence-electron chi connectivity index (χ3n) is 13.4. The molecule has 57 heavy (non-hydrogen) atoms. The van der Waals surface area contributed by atoms with Crippen LogP contribution in [0.3, 0.4) is 0 Å². The summed E-state index contributed by atoms with van der Waals surface area (Å²) in [6.07, 6.45) is 14.8. The van der Waals surface area contributed by atoms with Gasteiger partial charge in [-0.05, 0) is 107 Å². The van der Waals surface area contributed by atoms with Crippen molar-refractivity contribution in [3.8, 4) is 0 Å². The Labute approximate surface area is 351 Å². The lowest BCUT2D eigenvalue weighted by Crippen LogP contribution is -2.47. The van der Waals surface area contributed by atoms with Gasteiger partial charge < -0.3 is 27.8 Å². The summed E-state index contributed by atoms with van der Waals surface area (Å²) in [4.78, 5) is 26.4. The summed E-state index contributed by atoms with van der Waals surface area (Å²) in [5, 5.41) is 0. The van der Waals surface area contributed by atoms with Crippen molar-refractivity contribution in [3.05, 3.63) is 36.0 Å². The van der Waals surface area contributed by atoms with Crippen LogP contribution in [0.2, 0.25) is 36.3 Å². The van der Waals surface area contributed by atoms with Crippen LogP contribution in [0.25, 0.3) is 0 Å². The minimum Gasteiger partial charge on any atom is -0.457 e. The van der Waals surface area contributed by atoms with E-state index in [4.69, 9.17) is 27.8 Å². The molecule has 330 valence electrons. The number of epoxide rings is 1. The summed E-state index contributed by atoms with van der Waals surface area (Å²) < 4.78 is 39.4. The lowest BCUT2D eigenvalue weighted by molar-refractivity contribution is -0.173. The average molecular weight is 835 g/mol. The van der Waals surface area contributed by atoms with E-state index >= 15 is 0 Å². The molecule has 0 spiro atoms.